The standard InChI is InChI=1S/C15H14ClFIN3/c1-19-15-13(18)14(8-2-3-8)20-12(21-15)6-9-4-5-10(17)7-11(9)16/h4-5,7-8H,2-3,6H2,1H3,(H,19,20,21). The van der Waals surface area contributed by atoms with Crippen molar-refractivity contribution in [2.45, 2.75) is 25.2 Å². The van der Waals surface area contributed by atoms with E-state index < -0.39 is 0 Å². The molecule has 1 fully saturated rings. The van der Waals surface area contributed by atoms with E-state index in [1.807, 2.05) is 7.05 Å². The highest BCUT2D eigenvalue weighted by Gasteiger charge is 2.29. The molecule has 1 saturated carbocycles. The highest BCUT2D eigenvalue weighted by Crippen LogP contribution is 2.42. The molecule has 1 heterocycles. The smallest absolute Gasteiger partial charge is 0.143 e. The van der Waals surface area contributed by atoms with Gasteiger partial charge < -0.3 is 5.32 Å². The maximum absolute atomic E-state index is 13.1. The average molecular weight is 418 g/mol. The van der Waals surface area contributed by atoms with Gasteiger partial charge in [0.1, 0.15) is 17.5 Å². The first-order valence-corrected chi connectivity index (χ1v) is 8.22. The molecule has 0 bridgehead atoms. The van der Waals surface area contributed by atoms with Gasteiger partial charge in [0.05, 0.1) is 9.26 Å². The number of nitrogens with zero attached hydrogens (tertiary/aromatic N) is 2. The van der Waals surface area contributed by atoms with E-state index in [0.29, 0.717) is 17.4 Å². The summed E-state index contributed by atoms with van der Waals surface area (Å²) in [5.41, 5.74) is 1.95. The first-order chi connectivity index (χ1) is 10.1. The third kappa shape index (κ3) is 3.29. The topological polar surface area (TPSA) is 37.8 Å². The van der Waals surface area contributed by atoms with E-state index in [0.717, 1.165) is 26.5 Å². The van der Waals surface area contributed by atoms with Crippen molar-refractivity contribution in [2.75, 3.05) is 12.4 Å². The molecule has 1 aromatic heterocycles. The minimum Gasteiger partial charge on any atom is -0.372 e. The van der Waals surface area contributed by atoms with E-state index >= 15 is 0 Å². The van der Waals surface area contributed by atoms with Gasteiger partial charge in [0.15, 0.2) is 0 Å². The molecule has 3 nitrogen and oxygen atoms in total. The normalized spacial score (nSPS) is 14.3. The predicted octanol–water partition coefficient (Wildman–Crippen LogP) is 4.38. The molecule has 0 saturated heterocycles. The number of halogens is 3. The number of rotatable bonds is 4. The molecule has 1 aliphatic carbocycles. The van der Waals surface area contributed by atoms with Crippen molar-refractivity contribution in [1.29, 1.82) is 0 Å². The molecule has 2 aromatic rings. The second-order valence-electron chi connectivity index (χ2n) is 5.12. The van der Waals surface area contributed by atoms with Gasteiger partial charge in [-0.2, -0.15) is 0 Å². The van der Waals surface area contributed by atoms with E-state index in [9.17, 15) is 4.39 Å². The fraction of sp³-hybridized carbons (Fsp3) is 0.333. The summed E-state index contributed by atoms with van der Waals surface area (Å²) in [6, 6.07) is 4.42. The summed E-state index contributed by atoms with van der Waals surface area (Å²) < 4.78 is 14.2. The molecule has 0 spiro atoms. The van der Waals surface area contributed by atoms with E-state index in [1.165, 1.54) is 25.0 Å². The van der Waals surface area contributed by atoms with Crippen LogP contribution in [0.2, 0.25) is 5.02 Å². The van der Waals surface area contributed by atoms with E-state index in [2.05, 4.69) is 32.9 Å². The van der Waals surface area contributed by atoms with Crippen molar-refractivity contribution in [3.63, 3.8) is 0 Å². The molecule has 3 rings (SSSR count). The molecule has 0 amide bonds. The Morgan fingerprint density at radius 1 is 1.38 bits per heavy atom. The van der Waals surface area contributed by atoms with Gasteiger partial charge in [0.2, 0.25) is 0 Å². The van der Waals surface area contributed by atoms with Crippen LogP contribution in [0.25, 0.3) is 0 Å². The lowest BCUT2D eigenvalue weighted by Gasteiger charge is -2.11. The molecule has 0 aliphatic heterocycles. The zero-order chi connectivity index (χ0) is 15.0. The highest BCUT2D eigenvalue weighted by molar-refractivity contribution is 14.1. The number of hydrogen-bond acceptors (Lipinski definition) is 3. The van der Waals surface area contributed by atoms with Crippen LogP contribution < -0.4 is 5.32 Å². The van der Waals surface area contributed by atoms with Crippen LogP contribution in [0.1, 0.15) is 35.8 Å². The van der Waals surface area contributed by atoms with Gasteiger partial charge in [-0.15, -0.1) is 0 Å². The van der Waals surface area contributed by atoms with Crippen molar-refractivity contribution < 1.29 is 4.39 Å². The first-order valence-electron chi connectivity index (χ1n) is 6.76. The Balaban J connectivity index is 1.96. The van der Waals surface area contributed by atoms with Crippen molar-refractivity contribution in [1.82, 2.24) is 9.97 Å². The molecule has 21 heavy (non-hydrogen) atoms. The summed E-state index contributed by atoms with van der Waals surface area (Å²) in [6.45, 7) is 0. The average Bonchev–Trinajstić information content (AvgIpc) is 3.28. The second kappa shape index (κ2) is 6.04. The van der Waals surface area contributed by atoms with Gasteiger partial charge in [-0.3, -0.25) is 0 Å². The summed E-state index contributed by atoms with van der Waals surface area (Å²) in [5.74, 6) is 1.78. The molecule has 1 aliphatic rings. The largest absolute Gasteiger partial charge is 0.372 e. The van der Waals surface area contributed by atoms with Crippen molar-refractivity contribution in [3.8, 4) is 0 Å². The van der Waals surface area contributed by atoms with Crippen LogP contribution >= 0.6 is 34.2 Å². The Labute approximate surface area is 141 Å². The van der Waals surface area contributed by atoms with E-state index in [1.54, 1.807) is 6.07 Å². The third-order valence-electron chi connectivity index (χ3n) is 3.49. The first kappa shape index (κ1) is 15.0. The van der Waals surface area contributed by atoms with Gasteiger partial charge in [-0.25, -0.2) is 14.4 Å². The maximum atomic E-state index is 13.1. The molecule has 1 N–H and O–H groups in total. The highest BCUT2D eigenvalue weighted by atomic mass is 127. The van der Waals surface area contributed by atoms with Crippen LogP contribution in [0.3, 0.4) is 0 Å². The zero-order valence-electron chi connectivity index (χ0n) is 11.5. The fourth-order valence-electron chi connectivity index (χ4n) is 2.22. The van der Waals surface area contributed by atoms with Crippen molar-refractivity contribution >= 4 is 40.0 Å². The van der Waals surface area contributed by atoms with Gasteiger partial charge in [-0.05, 0) is 53.1 Å². The Morgan fingerprint density at radius 3 is 2.76 bits per heavy atom. The summed E-state index contributed by atoms with van der Waals surface area (Å²) in [6.07, 6.45) is 2.88. The minimum absolute atomic E-state index is 0.332. The molecule has 6 heteroatoms. The van der Waals surface area contributed by atoms with E-state index in [-0.39, 0.29) is 5.82 Å². The zero-order valence-corrected chi connectivity index (χ0v) is 14.4. The molecule has 1 aromatic carbocycles. The second-order valence-corrected chi connectivity index (χ2v) is 6.61. The van der Waals surface area contributed by atoms with Crippen LogP contribution in [0.4, 0.5) is 10.2 Å². The molecule has 0 atom stereocenters. The van der Waals surface area contributed by atoms with Crippen LogP contribution in [0.15, 0.2) is 18.2 Å². The molecule has 110 valence electrons. The lowest BCUT2D eigenvalue weighted by molar-refractivity contribution is 0.627. The third-order valence-corrected chi connectivity index (χ3v) is 4.90. The van der Waals surface area contributed by atoms with Crippen LogP contribution in [0, 0.1) is 9.39 Å². The SMILES string of the molecule is CNc1nc(Cc2ccc(F)cc2Cl)nc(C2CC2)c1I. The molecular weight excluding hydrogens is 404 g/mol. The molecule has 0 unspecified atom stereocenters. The molecular formula is C15H14ClFIN3. The lowest BCUT2D eigenvalue weighted by atomic mass is 10.1. The summed E-state index contributed by atoms with van der Waals surface area (Å²) >= 11 is 8.38. The van der Waals surface area contributed by atoms with Gasteiger partial charge in [0, 0.05) is 24.4 Å². The fourth-order valence-corrected chi connectivity index (χ4v) is 3.41. The van der Waals surface area contributed by atoms with Crippen molar-refractivity contribution in [2.24, 2.45) is 0 Å². The summed E-state index contributed by atoms with van der Waals surface area (Å²) in [5, 5.41) is 3.53. The molecule has 0 radical (unpaired) electrons. The van der Waals surface area contributed by atoms with Crippen LogP contribution in [-0.2, 0) is 6.42 Å². The van der Waals surface area contributed by atoms with Crippen LogP contribution in [-0.4, -0.2) is 17.0 Å². The Bertz CT molecular complexity index is 689. The van der Waals surface area contributed by atoms with Crippen molar-refractivity contribution in [3.05, 3.63) is 49.7 Å². The van der Waals surface area contributed by atoms with E-state index in [4.69, 9.17) is 16.6 Å². The number of anilines is 1. The number of aromatic nitrogens is 2. The monoisotopic (exact) mass is 417 g/mol. The Morgan fingerprint density at radius 2 is 2.14 bits per heavy atom. The van der Waals surface area contributed by atoms with Gasteiger partial charge in [0.25, 0.3) is 0 Å². The Hall–Kier alpha value is -0.950. The number of benzene rings is 1. The quantitative estimate of drug-likeness (QED) is 0.750. The van der Waals surface area contributed by atoms with Crippen LogP contribution in [0.5, 0.6) is 0 Å². The van der Waals surface area contributed by atoms with Gasteiger partial charge in [-0.1, -0.05) is 17.7 Å². The summed E-state index contributed by atoms with van der Waals surface area (Å²) in [7, 11) is 1.86. The minimum atomic E-state index is -0.332. The maximum Gasteiger partial charge on any atom is 0.143 e. The predicted molar refractivity (Wildman–Crippen MR) is 90.5 cm³/mol. The number of hydrogen-bond donors (Lipinski definition) is 1. The Kier molecular flexibility index (Phi) is 4.31. The van der Waals surface area contributed by atoms with Gasteiger partial charge >= 0.3 is 0 Å². The number of nitrogens with one attached hydrogen (secondary N) is 1. The lowest BCUT2D eigenvalue weighted by Crippen LogP contribution is -2.08. The summed E-state index contributed by atoms with van der Waals surface area (Å²) in [4.78, 5) is 9.23.